The van der Waals surface area contributed by atoms with Gasteiger partial charge in [0.1, 0.15) is 0 Å². The molecule has 2 atom stereocenters. The lowest BCUT2D eigenvalue weighted by atomic mass is 9.65. The lowest BCUT2D eigenvalue weighted by Crippen LogP contribution is -2.48. The molecule has 1 amide bonds. The van der Waals surface area contributed by atoms with Crippen LogP contribution in [0.2, 0.25) is 0 Å². The first-order valence-electron chi connectivity index (χ1n) is 8.24. The first-order chi connectivity index (χ1) is 11.3. The predicted octanol–water partition coefficient (Wildman–Crippen LogP) is 3.68. The molecule has 4 nitrogen and oxygen atoms in total. The number of nitrogens with one attached hydrogen (secondary N) is 1. The van der Waals surface area contributed by atoms with Crippen molar-refractivity contribution in [2.24, 2.45) is 23.5 Å². The molecule has 0 aromatic heterocycles. The minimum absolute atomic E-state index is 0.0415. The van der Waals surface area contributed by atoms with Crippen LogP contribution in [0.1, 0.15) is 32.1 Å². The quantitative estimate of drug-likeness (QED) is 0.881. The Hall–Kier alpha value is -1.76. The van der Waals surface area contributed by atoms with Crippen molar-refractivity contribution in [1.82, 2.24) is 0 Å². The Kier molecular flexibility index (Phi) is 4.71. The van der Waals surface area contributed by atoms with Crippen LogP contribution in [0.25, 0.3) is 0 Å². The Morgan fingerprint density at radius 2 is 1.79 bits per heavy atom. The molecule has 0 radical (unpaired) electrons. The molecule has 2 aliphatic rings. The summed E-state index contributed by atoms with van der Waals surface area (Å²) in [4.78, 5) is 12.5. The molecule has 0 spiro atoms. The van der Waals surface area contributed by atoms with Crippen LogP contribution in [-0.2, 0) is 4.79 Å². The highest BCUT2D eigenvalue weighted by Gasteiger charge is 2.40. The van der Waals surface area contributed by atoms with Gasteiger partial charge in [-0.25, -0.2) is 0 Å². The average Bonchev–Trinajstić information content (AvgIpc) is 2.47. The van der Waals surface area contributed by atoms with Crippen molar-refractivity contribution in [2.45, 2.75) is 44.5 Å². The van der Waals surface area contributed by atoms with E-state index in [0.717, 1.165) is 19.3 Å². The molecule has 0 saturated heterocycles. The largest absolute Gasteiger partial charge is 0.573 e. The Morgan fingerprint density at radius 3 is 2.42 bits per heavy atom. The molecule has 2 fully saturated rings. The second-order valence-corrected chi connectivity index (χ2v) is 6.73. The van der Waals surface area contributed by atoms with Crippen LogP contribution in [0.3, 0.4) is 0 Å². The van der Waals surface area contributed by atoms with Crippen LogP contribution in [-0.4, -0.2) is 18.3 Å². The van der Waals surface area contributed by atoms with Gasteiger partial charge in [0, 0.05) is 12.0 Å². The Morgan fingerprint density at radius 1 is 1.17 bits per heavy atom. The molecular weight excluding hydrogens is 321 g/mol. The number of nitrogens with two attached hydrogens (primary N) is 1. The standard InChI is InChI=1S/C17H21F3N2O2/c18-17(19,20)24-14-7-2-1-6-13(14)22-16(23)12-8-10-4-3-5-11(9-12)15(10)21/h1-2,6-7,10-12,15H,3-5,8-9,21H2,(H,22,23). The summed E-state index contributed by atoms with van der Waals surface area (Å²) in [5.74, 6) is -0.202. The number of ether oxygens (including phenoxy) is 1. The van der Waals surface area contributed by atoms with Crippen molar-refractivity contribution >= 4 is 11.6 Å². The number of fused-ring (bicyclic) bond motifs is 2. The van der Waals surface area contributed by atoms with Crippen LogP contribution < -0.4 is 15.8 Å². The number of rotatable bonds is 3. The van der Waals surface area contributed by atoms with Crippen molar-refractivity contribution < 1.29 is 22.7 Å². The fraction of sp³-hybridized carbons (Fsp3) is 0.588. The maximum absolute atomic E-state index is 12.5. The Bertz CT molecular complexity index is 592. The second kappa shape index (κ2) is 6.63. The number of anilines is 1. The third kappa shape index (κ3) is 3.83. The smallest absolute Gasteiger partial charge is 0.404 e. The van der Waals surface area contributed by atoms with Gasteiger partial charge in [-0.15, -0.1) is 13.2 Å². The van der Waals surface area contributed by atoms with Crippen molar-refractivity contribution in [3.63, 3.8) is 0 Å². The number of benzene rings is 1. The minimum atomic E-state index is -4.80. The van der Waals surface area contributed by atoms with E-state index in [1.54, 1.807) is 6.07 Å². The fourth-order valence-electron chi connectivity index (χ4n) is 4.02. The van der Waals surface area contributed by atoms with Gasteiger partial charge in [0.15, 0.2) is 5.75 Å². The summed E-state index contributed by atoms with van der Waals surface area (Å²) in [5, 5.41) is 2.60. The molecule has 24 heavy (non-hydrogen) atoms. The van der Waals surface area contributed by atoms with Gasteiger partial charge in [0.05, 0.1) is 5.69 Å². The highest BCUT2D eigenvalue weighted by atomic mass is 19.4. The molecule has 2 aliphatic carbocycles. The summed E-state index contributed by atoms with van der Waals surface area (Å²) < 4.78 is 41.4. The molecule has 132 valence electrons. The number of para-hydroxylation sites is 2. The van der Waals surface area contributed by atoms with Crippen molar-refractivity contribution in [3.8, 4) is 5.75 Å². The number of carbonyl (C=O) groups excluding carboxylic acids is 1. The summed E-state index contributed by atoms with van der Waals surface area (Å²) in [6, 6.07) is 5.73. The van der Waals surface area contributed by atoms with E-state index in [9.17, 15) is 18.0 Å². The van der Waals surface area contributed by atoms with E-state index in [0.29, 0.717) is 24.7 Å². The SMILES string of the molecule is NC1C2CCCC1CC(C(=O)Nc1ccccc1OC(F)(F)F)C2. The van der Waals surface area contributed by atoms with Gasteiger partial charge >= 0.3 is 6.36 Å². The van der Waals surface area contributed by atoms with Gasteiger partial charge in [0.25, 0.3) is 0 Å². The molecule has 2 bridgehead atoms. The van der Waals surface area contributed by atoms with E-state index >= 15 is 0 Å². The molecule has 2 unspecified atom stereocenters. The van der Waals surface area contributed by atoms with E-state index < -0.39 is 12.1 Å². The van der Waals surface area contributed by atoms with Gasteiger partial charge in [0.2, 0.25) is 5.91 Å². The molecule has 1 aromatic rings. The fourth-order valence-corrected chi connectivity index (χ4v) is 4.02. The van der Waals surface area contributed by atoms with Crippen LogP contribution >= 0.6 is 0 Å². The molecule has 3 N–H and O–H groups in total. The number of halogens is 3. The lowest BCUT2D eigenvalue weighted by Gasteiger charge is -2.43. The number of hydrogen-bond donors (Lipinski definition) is 2. The number of amides is 1. The van der Waals surface area contributed by atoms with Crippen LogP contribution in [0, 0.1) is 17.8 Å². The monoisotopic (exact) mass is 342 g/mol. The van der Waals surface area contributed by atoms with Gasteiger partial charge in [-0.2, -0.15) is 0 Å². The summed E-state index contributed by atoms with van der Waals surface area (Å²) in [6.45, 7) is 0. The van der Waals surface area contributed by atoms with Crippen LogP contribution in [0.4, 0.5) is 18.9 Å². The van der Waals surface area contributed by atoms with Crippen molar-refractivity contribution in [1.29, 1.82) is 0 Å². The number of alkyl halides is 3. The van der Waals surface area contributed by atoms with Crippen LogP contribution in [0.5, 0.6) is 5.75 Å². The van der Waals surface area contributed by atoms with Gasteiger partial charge in [-0.05, 0) is 49.7 Å². The van der Waals surface area contributed by atoms with E-state index in [1.807, 2.05) is 0 Å². The average molecular weight is 342 g/mol. The van der Waals surface area contributed by atoms with Gasteiger partial charge in [-0.1, -0.05) is 18.6 Å². The lowest BCUT2D eigenvalue weighted by molar-refractivity contribution is -0.274. The molecular formula is C17H21F3N2O2. The predicted molar refractivity (Wildman–Crippen MR) is 83.3 cm³/mol. The maximum Gasteiger partial charge on any atom is 0.573 e. The third-order valence-corrected chi connectivity index (χ3v) is 5.15. The molecule has 0 aliphatic heterocycles. The summed E-state index contributed by atoms with van der Waals surface area (Å²) >= 11 is 0. The molecule has 7 heteroatoms. The highest BCUT2D eigenvalue weighted by Crippen LogP contribution is 2.42. The minimum Gasteiger partial charge on any atom is -0.404 e. The summed E-state index contributed by atoms with van der Waals surface area (Å²) in [5.41, 5.74) is 6.26. The molecule has 2 saturated carbocycles. The van der Waals surface area contributed by atoms with E-state index in [1.165, 1.54) is 18.2 Å². The zero-order valence-corrected chi connectivity index (χ0v) is 13.2. The number of carbonyl (C=O) groups is 1. The summed E-state index contributed by atoms with van der Waals surface area (Å²) in [6.07, 6.45) is -0.211. The molecule has 3 rings (SSSR count). The zero-order valence-electron chi connectivity index (χ0n) is 13.2. The van der Waals surface area contributed by atoms with Crippen molar-refractivity contribution in [3.05, 3.63) is 24.3 Å². The maximum atomic E-state index is 12.5. The normalized spacial score (nSPS) is 29.8. The van der Waals surface area contributed by atoms with Crippen molar-refractivity contribution in [2.75, 3.05) is 5.32 Å². The van der Waals surface area contributed by atoms with E-state index in [4.69, 9.17) is 5.73 Å². The first-order valence-corrected chi connectivity index (χ1v) is 8.24. The second-order valence-electron chi connectivity index (χ2n) is 6.73. The Labute approximate surface area is 138 Å². The molecule has 1 aromatic carbocycles. The highest BCUT2D eigenvalue weighted by molar-refractivity contribution is 5.94. The summed E-state index contributed by atoms with van der Waals surface area (Å²) in [7, 11) is 0. The van der Waals surface area contributed by atoms with Gasteiger partial charge in [-0.3, -0.25) is 4.79 Å². The Balaban J connectivity index is 1.69. The van der Waals surface area contributed by atoms with Crippen LogP contribution in [0.15, 0.2) is 24.3 Å². The van der Waals surface area contributed by atoms with Gasteiger partial charge < -0.3 is 15.8 Å². The van der Waals surface area contributed by atoms with E-state index in [2.05, 4.69) is 10.1 Å². The molecule has 0 heterocycles. The topological polar surface area (TPSA) is 64.4 Å². The zero-order chi connectivity index (χ0) is 17.3. The van der Waals surface area contributed by atoms with E-state index in [-0.39, 0.29) is 23.6 Å². The first kappa shape index (κ1) is 17.1. The third-order valence-electron chi connectivity index (χ3n) is 5.15. The number of hydrogen-bond acceptors (Lipinski definition) is 3.